The maximum Gasteiger partial charge on any atom is 0.165 e. The third-order valence-electron chi connectivity index (χ3n) is 4.71. The van der Waals surface area contributed by atoms with Crippen LogP contribution in [0.15, 0.2) is 71.2 Å². The molecule has 5 heteroatoms. The highest BCUT2D eigenvalue weighted by atomic mass is 79.9. The van der Waals surface area contributed by atoms with Gasteiger partial charge >= 0.3 is 0 Å². The Morgan fingerprint density at radius 2 is 1.70 bits per heavy atom. The van der Waals surface area contributed by atoms with E-state index in [9.17, 15) is 4.39 Å². The van der Waals surface area contributed by atoms with E-state index in [1.807, 2.05) is 37.3 Å². The zero-order valence-electron chi connectivity index (χ0n) is 17.5. The molecule has 0 unspecified atom stereocenters. The second kappa shape index (κ2) is 10.1. The Hall–Kier alpha value is -2.37. The lowest BCUT2D eigenvalue weighted by Crippen LogP contribution is -2.24. The van der Waals surface area contributed by atoms with Crippen LogP contribution in [-0.2, 0) is 16.8 Å². The van der Waals surface area contributed by atoms with Gasteiger partial charge in [-0.1, -0.05) is 44.2 Å². The molecule has 0 fully saturated rings. The van der Waals surface area contributed by atoms with Crippen LogP contribution in [0.5, 0.6) is 17.2 Å². The molecule has 0 spiro atoms. The number of para-hydroxylation sites is 1. The molecule has 3 rings (SSSR count). The van der Waals surface area contributed by atoms with Crippen LogP contribution < -0.4 is 9.47 Å². The molecule has 0 N–H and O–H groups in total. The van der Waals surface area contributed by atoms with Crippen molar-refractivity contribution in [3.05, 3.63) is 88.1 Å². The Bertz CT molecular complexity index is 973. The Labute approximate surface area is 185 Å². The van der Waals surface area contributed by atoms with Crippen molar-refractivity contribution in [3.63, 3.8) is 0 Å². The molecule has 0 radical (unpaired) electrons. The average molecular weight is 473 g/mol. The summed E-state index contributed by atoms with van der Waals surface area (Å²) in [5.41, 5.74) is 1.76. The molecular weight excluding hydrogens is 447 g/mol. The Balaban J connectivity index is 1.64. The van der Waals surface area contributed by atoms with Gasteiger partial charge in [-0.05, 0) is 70.4 Å². The second-order valence-corrected chi connectivity index (χ2v) is 8.49. The molecule has 30 heavy (non-hydrogen) atoms. The highest BCUT2D eigenvalue weighted by molar-refractivity contribution is 9.10. The van der Waals surface area contributed by atoms with Crippen molar-refractivity contribution in [2.24, 2.45) is 0 Å². The molecule has 0 saturated heterocycles. The zero-order chi connectivity index (χ0) is 21.6. The quantitative estimate of drug-likeness (QED) is 0.327. The Morgan fingerprint density at radius 1 is 0.933 bits per heavy atom. The van der Waals surface area contributed by atoms with Crippen molar-refractivity contribution >= 4 is 15.9 Å². The topological polar surface area (TPSA) is 27.7 Å². The summed E-state index contributed by atoms with van der Waals surface area (Å²) in [6, 6.07) is 20.1. The zero-order valence-corrected chi connectivity index (χ0v) is 19.0. The molecule has 0 atom stereocenters. The molecule has 0 aliphatic rings. The lowest BCUT2D eigenvalue weighted by atomic mass is 9.85. The lowest BCUT2D eigenvalue weighted by Gasteiger charge is -2.26. The lowest BCUT2D eigenvalue weighted by molar-refractivity contribution is 0.0822. The van der Waals surface area contributed by atoms with E-state index in [0.29, 0.717) is 25.6 Å². The van der Waals surface area contributed by atoms with Gasteiger partial charge in [-0.3, -0.25) is 0 Å². The van der Waals surface area contributed by atoms with E-state index in [4.69, 9.17) is 14.2 Å². The summed E-state index contributed by atoms with van der Waals surface area (Å²) < 4.78 is 32.4. The minimum atomic E-state index is -0.402. The molecule has 0 aliphatic carbocycles. The van der Waals surface area contributed by atoms with Gasteiger partial charge in [-0.25, -0.2) is 4.39 Å². The van der Waals surface area contributed by atoms with Gasteiger partial charge in [0.05, 0.1) is 24.3 Å². The fraction of sp³-hybridized carbons (Fsp3) is 0.280. The van der Waals surface area contributed by atoms with Crippen molar-refractivity contribution in [3.8, 4) is 17.2 Å². The molecule has 0 bridgehead atoms. The van der Waals surface area contributed by atoms with Crippen molar-refractivity contribution in [2.45, 2.75) is 32.8 Å². The van der Waals surface area contributed by atoms with Crippen LogP contribution in [0.25, 0.3) is 0 Å². The molecular formula is C25H26BrFO3. The fourth-order valence-electron chi connectivity index (χ4n) is 3.03. The molecule has 0 amide bonds. The van der Waals surface area contributed by atoms with E-state index in [0.717, 1.165) is 21.3 Å². The molecule has 0 aromatic heterocycles. The van der Waals surface area contributed by atoms with E-state index in [1.54, 1.807) is 24.3 Å². The largest absolute Gasteiger partial charge is 0.493 e. The van der Waals surface area contributed by atoms with E-state index in [2.05, 4.69) is 35.8 Å². The maximum absolute atomic E-state index is 14.1. The Morgan fingerprint density at radius 3 is 2.43 bits per heavy atom. The summed E-state index contributed by atoms with van der Waals surface area (Å²) in [6.45, 7) is 7.69. The van der Waals surface area contributed by atoms with Crippen LogP contribution in [0.2, 0.25) is 0 Å². The van der Waals surface area contributed by atoms with Gasteiger partial charge in [0.2, 0.25) is 0 Å². The monoisotopic (exact) mass is 472 g/mol. The number of benzene rings is 3. The molecule has 0 saturated carbocycles. The van der Waals surface area contributed by atoms with Crippen molar-refractivity contribution < 1.29 is 18.6 Å². The van der Waals surface area contributed by atoms with Crippen molar-refractivity contribution in [1.82, 2.24) is 0 Å². The Kier molecular flexibility index (Phi) is 7.51. The van der Waals surface area contributed by atoms with Gasteiger partial charge in [-0.15, -0.1) is 0 Å². The predicted octanol–water partition coefficient (Wildman–Crippen LogP) is 7.27. The van der Waals surface area contributed by atoms with E-state index in [1.165, 1.54) is 6.07 Å². The standard InChI is InChI=1S/C25H26BrFO3/c1-4-29-23-15-19(11-12-21(23)26)25(2,3)17-28-16-18-10-13-22(27)24(14-18)30-20-8-6-5-7-9-20/h5-15H,4,16-17H2,1-3H3. The smallest absolute Gasteiger partial charge is 0.165 e. The second-order valence-electron chi connectivity index (χ2n) is 7.63. The van der Waals surface area contributed by atoms with Crippen LogP contribution in [0.4, 0.5) is 4.39 Å². The normalized spacial score (nSPS) is 11.4. The van der Waals surface area contributed by atoms with Gasteiger partial charge in [0.1, 0.15) is 11.5 Å². The molecule has 3 aromatic rings. The number of hydrogen-bond acceptors (Lipinski definition) is 3. The SMILES string of the molecule is CCOc1cc(C(C)(C)COCc2ccc(F)c(Oc3ccccc3)c2)ccc1Br. The number of ether oxygens (including phenoxy) is 3. The summed E-state index contributed by atoms with van der Waals surface area (Å²) in [6.07, 6.45) is 0. The van der Waals surface area contributed by atoms with E-state index < -0.39 is 5.82 Å². The van der Waals surface area contributed by atoms with E-state index in [-0.39, 0.29) is 11.2 Å². The summed E-state index contributed by atoms with van der Waals surface area (Å²) in [5, 5.41) is 0. The average Bonchev–Trinajstić information content (AvgIpc) is 2.73. The summed E-state index contributed by atoms with van der Waals surface area (Å²) in [7, 11) is 0. The first-order valence-electron chi connectivity index (χ1n) is 9.91. The first kappa shape index (κ1) is 22.3. The number of rotatable bonds is 9. The minimum absolute atomic E-state index is 0.191. The van der Waals surface area contributed by atoms with Crippen LogP contribution in [0.1, 0.15) is 31.9 Å². The van der Waals surface area contributed by atoms with Gasteiger partial charge < -0.3 is 14.2 Å². The highest BCUT2D eigenvalue weighted by Crippen LogP contribution is 2.32. The van der Waals surface area contributed by atoms with Crippen molar-refractivity contribution in [2.75, 3.05) is 13.2 Å². The molecule has 3 nitrogen and oxygen atoms in total. The van der Waals surface area contributed by atoms with Crippen LogP contribution in [-0.4, -0.2) is 13.2 Å². The molecule has 0 aliphatic heterocycles. The van der Waals surface area contributed by atoms with Crippen LogP contribution in [0.3, 0.4) is 0 Å². The minimum Gasteiger partial charge on any atom is -0.493 e. The van der Waals surface area contributed by atoms with Gasteiger partial charge in [0.15, 0.2) is 11.6 Å². The van der Waals surface area contributed by atoms with Crippen LogP contribution >= 0.6 is 15.9 Å². The van der Waals surface area contributed by atoms with Gasteiger partial charge in [0.25, 0.3) is 0 Å². The van der Waals surface area contributed by atoms with Crippen LogP contribution in [0, 0.1) is 5.82 Å². The molecule has 0 heterocycles. The number of halogens is 2. The third kappa shape index (κ3) is 5.83. The third-order valence-corrected chi connectivity index (χ3v) is 5.37. The fourth-order valence-corrected chi connectivity index (χ4v) is 3.39. The molecule has 3 aromatic carbocycles. The summed E-state index contributed by atoms with van der Waals surface area (Å²) in [4.78, 5) is 0. The summed E-state index contributed by atoms with van der Waals surface area (Å²) in [5.74, 6) is 1.21. The first-order chi connectivity index (χ1) is 14.4. The van der Waals surface area contributed by atoms with Gasteiger partial charge in [-0.2, -0.15) is 0 Å². The van der Waals surface area contributed by atoms with E-state index >= 15 is 0 Å². The number of hydrogen-bond donors (Lipinski definition) is 0. The first-order valence-corrected chi connectivity index (χ1v) is 10.7. The highest BCUT2D eigenvalue weighted by Gasteiger charge is 2.22. The maximum atomic E-state index is 14.1. The van der Waals surface area contributed by atoms with Gasteiger partial charge in [0, 0.05) is 5.41 Å². The van der Waals surface area contributed by atoms with Crippen molar-refractivity contribution in [1.29, 1.82) is 0 Å². The predicted molar refractivity (Wildman–Crippen MR) is 121 cm³/mol. The summed E-state index contributed by atoms with van der Waals surface area (Å²) >= 11 is 3.52. The molecule has 158 valence electrons.